The third-order valence-electron chi connectivity index (χ3n) is 9.66. The van der Waals surface area contributed by atoms with Gasteiger partial charge >= 0.3 is 0 Å². The first-order valence-corrected chi connectivity index (χ1v) is 16.6. The summed E-state index contributed by atoms with van der Waals surface area (Å²) in [5, 5.41) is 6.68. The fourth-order valence-electron chi connectivity index (χ4n) is 7.48. The van der Waals surface area contributed by atoms with Gasteiger partial charge in [0, 0.05) is 32.8 Å². The van der Waals surface area contributed by atoms with Gasteiger partial charge in [0.15, 0.2) is 0 Å². The molecule has 0 N–H and O–H groups in total. The van der Waals surface area contributed by atoms with Crippen molar-refractivity contribution in [1.29, 1.82) is 0 Å². The highest BCUT2D eigenvalue weighted by Gasteiger charge is 2.24. The van der Waals surface area contributed by atoms with Gasteiger partial charge in [0.05, 0.1) is 16.8 Å². The minimum absolute atomic E-state index is 0.857. The molecule has 230 valence electrons. The van der Waals surface area contributed by atoms with Gasteiger partial charge in [0.2, 0.25) is 0 Å². The molecule has 0 radical (unpaired) electrons. The van der Waals surface area contributed by atoms with E-state index in [-0.39, 0.29) is 0 Å². The summed E-state index contributed by atoms with van der Waals surface area (Å²) in [6.45, 7) is 0. The summed E-state index contributed by atoms with van der Waals surface area (Å²) in [7, 11) is 0. The highest BCUT2D eigenvalue weighted by atomic mass is 16.3. The maximum atomic E-state index is 6.63. The lowest BCUT2D eigenvalue weighted by Gasteiger charge is -2.29. The van der Waals surface area contributed by atoms with Crippen molar-refractivity contribution in [3.05, 3.63) is 176 Å². The molecule has 0 spiro atoms. The number of hydrogen-bond donors (Lipinski definition) is 0. The monoisotopic (exact) mass is 627 g/mol. The second-order valence-electron chi connectivity index (χ2n) is 12.5. The SMILES string of the molecule is c1ccc(-c2cccc(N(c3ccccc3-c3cccc4oc5c6ccccc6ccc5c34)c3cccc4oc5ccccc5c34)c2)cc1. The van der Waals surface area contributed by atoms with E-state index in [0.29, 0.717) is 0 Å². The molecule has 2 heterocycles. The zero-order valence-corrected chi connectivity index (χ0v) is 26.5. The van der Waals surface area contributed by atoms with Crippen LogP contribution in [-0.4, -0.2) is 0 Å². The Morgan fingerprint density at radius 2 is 1.02 bits per heavy atom. The van der Waals surface area contributed by atoms with Gasteiger partial charge in [-0.15, -0.1) is 0 Å². The van der Waals surface area contributed by atoms with Crippen LogP contribution in [0, 0.1) is 0 Å². The molecular formula is C46H29NO2. The van der Waals surface area contributed by atoms with E-state index in [1.165, 1.54) is 10.9 Å². The number of anilines is 3. The van der Waals surface area contributed by atoms with Crippen LogP contribution in [0.2, 0.25) is 0 Å². The Bertz CT molecular complexity index is 2840. The second kappa shape index (κ2) is 11.0. The number of fused-ring (bicyclic) bond motifs is 8. The molecule has 0 aliphatic carbocycles. The van der Waals surface area contributed by atoms with Crippen LogP contribution in [0.5, 0.6) is 0 Å². The van der Waals surface area contributed by atoms with Crippen molar-refractivity contribution in [2.24, 2.45) is 0 Å². The third kappa shape index (κ3) is 4.37. The van der Waals surface area contributed by atoms with Crippen LogP contribution in [0.25, 0.3) is 76.9 Å². The minimum Gasteiger partial charge on any atom is -0.456 e. The van der Waals surface area contributed by atoms with E-state index in [1.807, 2.05) is 12.1 Å². The second-order valence-corrected chi connectivity index (χ2v) is 12.5. The predicted molar refractivity (Wildman–Crippen MR) is 204 cm³/mol. The molecule has 0 amide bonds. The fraction of sp³-hybridized carbons (Fsp3) is 0. The topological polar surface area (TPSA) is 29.5 Å². The van der Waals surface area contributed by atoms with Crippen LogP contribution in [0.3, 0.4) is 0 Å². The average Bonchev–Trinajstić information content (AvgIpc) is 3.75. The van der Waals surface area contributed by atoms with Gasteiger partial charge in [0.1, 0.15) is 22.3 Å². The van der Waals surface area contributed by atoms with E-state index >= 15 is 0 Å². The number of furan rings is 2. The zero-order chi connectivity index (χ0) is 32.3. The Hall–Kier alpha value is -6.58. The van der Waals surface area contributed by atoms with Crippen LogP contribution >= 0.6 is 0 Å². The summed E-state index contributed by atoms with van der Waals surface area (Å²) in [6, 6.07) is 62.0. The molecular weight excluding hydrogens is 599 g/mol. The lowest BCUT2D eigenvalue weighted by atomic mass is 9.95. The van der Waals surface area contributed by atoms with Gasteiger partial charge in [-0.1, -0.05) is 127 Å². The molecule has 0 saturated heterocycles. The highest BCUT2D eigenvalue weighted by molar-refractivity contribution is 6.20. The molecule has 3 heteroatoms. The first-order valence-electron chi connectivity index (χ1n) is 16.6. The maximum Gasteiger partial charge on any atom is 0.143 e. The average molecular weight is 628 g/mol. The molecule has 0 unspecified atom stereocenters. The third-order valence-corrected chi connectivity index (χ3v) is 9.66. The smallest absolute Gasteiger partial charge is 0.143 e. The van der Waals surface area contributed by atoms with E-state index in [1.54, 1.807) is 0 Å². The van der Waals surface area contributed by atoms with E-state index in [4.69, 9.17) is 8.83 Å². The lowest BCUT2D eigenvalue weighted by molar-refractivity contribution is 0.669. The largest absolute Gasteiger partial charge is 0.456 e. The van der Waals surface area contributed by atoms with E-state index in [0.717, 1.165) is 83.0 Å². The summed E-state index contributed by atoms with van der Waals surface area (Å²) in [5.74, 6) is 0. The minimum atomic E-state index is 0.857. The van der Waals surface area contributed by atoms with Crippen molar-refractivity contribution in [3.8, 4) is 22.3 Å². The van der Waals surface area contributed by atoms with E-state index in [9.17, 15) is 0 Å². The number of benzene rings is 8. The molecule has 3 nitrogen and oxygen atoms in total. The molecule has 10 rings (SSSR count). The number of para-hydroxylation sites is 2. The van der Waals surface area contributed by atoms with Crippen molar-refractivity contribution >= 4 is 71.7 Å². The van der Waals surface area contributed by atoms with Gasteiger partial charge in [-0.3, -0.25) is 0 Å². The van der Waals surface area contributed by atoms with E-state index in [2.05, 4.69) is 169 Å². The molecule has 0 atom stereocenters. The molecule has 0 bridgehead atoms. The first-order chi connectivity index (χ1) is 24.3. The quantitative estimate of drug-likeness (QED) is 0.190. The highest BCUT2D eigenvalue weighted by Crippen LogP contribution is 2.48. The van der Waals surface area contributed by atoms with Crippen LogP contribution in [0.1, 0.15) is 0 Å². The Labute approximate surface area is 282 Å². The molecule has 0 fully saturated rings. The number of rotatable bonds is 5. The number of hydrogen-bond acceptors (Lipinski definition) is 3. The summed E-state index contributed by atoms with van der Waals surface area (Å²) in [4.78, 5) is 2.39. The predicted octanol–water partition coefficient (Wildman–Crippen LogP) is 13.4. The van der Waals surface area contributed by atoms with Crippen LogP contribution < -0.4 is 4.90 Å². The van der Waals surface area contributed by atoms with Gasteiger partial charge in [-0.05, 0) is 70.6 Å². The summed E-state index contributed by atoms with van der Waals surface area (Å²) in [6.07, 6.45) is 0. The Morgan fingerprint density at radius 3 is 1.94 bits per heavy atom. The van der Waals surface area contributed by atoms with Crippen LogP contribution in [0.4, 0.5) is 17.1 Å². The van der Waals surface area contributed by atoms with Gasteiger partial charge < -0.3 is 13.7 Å². The van der Waals surface area contributed by atoms with Crippen molar-refractivity contribution in [2.45, 2.75) is 0 Å². The van der Waals surface area contributed by atoms with Gasteiger partial charge in [0.25, 0.3) is 0 Å². The van der Waals surface area contributed by atoms with E-state index < -0.39 is 0 Å². The van der Waals surface area contributed by atoms with Crippen LogP contribution in [-0.2, 0) is 0 Å². The molecule has 49 heavy (non-hydrogen) atoms. The van der Waals surface area contributed by atoms with Crippen molar-refractivity contribution < 1.29 is 8.83 Å². The molecule has 2 aromatic heterocycles. The lowest BCUT2D eigenvalue weighted by Crippen LogP contribution is -2.11. The molecule has 0 aliphatic rings. The van der Waals surface area contributed by atoms with Gasteiger partial charge in [-0.2, -0.15) is 0 Å². The molecule has 10 aromatic rings. The van der Waals surface area contributed by atoms with Crippen LogP contribution in [0.15, 0.2) is 185 Å². The molecule has 8 aromatic carbocycles. The van der Waals surface area contributed by atoms with Crippen molar-refractivity contribution in [1.82, 2.24) is 0 Å². The Morgan fingerprint density at radius 1 is 0.367 bits per heavy atom. The Balaban J connectivity index is 1.27. The molecule has 0 saturated carbocycles. The normalized spacial score (nSPS) is 11.7. The standard InChI is InChI=1S/C46H29NO2/c1-2-13-30(14-3-1)32-16-10-17-33(29-32)47(40-23-12-26-43-45(40)37-20-7-9-24-41(37)48-43)39-22-8-6-19-35(39)36-21-11-25-42-44(36)38-28-27-31-15-4-5-18-34(31)46(38)49-42/h1-29H. The first kappa shape index (κ1) is 27.5. The molecule has 0 aliphatic heterocycles. The summed E-state index contributed by atoms with van der Waals surface area (Å²) >= 11 is 0. The van der Waals surface area contributed by atoms with Gasteiger partial charge in [-0.25, -0.2) is 0 Å². The number of nitrogens with zero attached hydrogens (tertiary/aromatic N) is 1. The van der Waals surface area contributed by atoms with Crippen molar-refractivity contribution in [3.63, 3.8) is 0 Å². The zero-order valence-electron chi connectivity index (χ0n) is 26.5. The maximum absolute atomic E-state index is 6.63. The summed E-state index contributed by atoms with van der Waals surface area (Å²) in [5.41, 5.74) is 11.2. The summed E-state index contributed by atoms with van der Waals surface area (Å²) < 4.78 is 13.0. The Kier molecular flexibility index (Phi) is 6.18. The van der Waals surface area contributed by atoms with Crippen molar-refractivity contribution in [2.75, 3.05) is 4.90 Å². The fourth-order valence-corrected chi connectivity index (χ4v) is 7.48.